The Kier molecular flexibility index (Phi) is 49.4. The molecule has 0 bridgehead atoms. The summed E-state index contributed by atoms with van der Waals surface area (Å²) in [5.41, 5.74) is 0. The molecule has 0 heterocycles. The molecule has 0 N–H and O–H groups in total. The molecule has 2 radical (unpaired) electrons. The monoisotopic (exact) mass is 364 g/mol. The number of rotatable bonds is 0. The predicted octanol–water partition coefficient (Wildman–Crippen LogP) is 1.31. The summed E-state index contributed by atoms with van der Waals surface area (Å²) in [6, 6.07) is 0. The van der Waals surface area contributed by atoms with Crippen LogP contribution in [0.1, 0.15) is 0 Å². The minimum atomic E-state index is 0. The molecule has 0 aromatic heterocycles. The first-order valence-electron chi connectivity index (χ1n) is 0.309. The van der Waals surface area contributed by atoms with E-state index in [4.69, 9.17) is 0 Å². The molecule has 0 aliphatic rings. The summed E-state index contributed by atoms with van der Waals surface area (Å²) in [4.78, 5) is 0. The van der Waals surface area contributed by atoms with Crippen LogP contribution < -0.4 is 0 Å². The Bertz CT molecular complexity index is 7.61. The first-order chi connectivity index (χ1) is 1.41. The van der Waals surface area contributed by atoms with Gasteiger partial charge in [-0.05, 0) is 0 Å². The van der Waals surface area contributed by atoms with E-state index in [0.717, 1.165) is 0 Å². The van der Waals surface area contributed by atoms with Gasteiger partial charge in [0.05, 0.1) is 23.7 Å². The molecule has 0 saturated carbocycles. The maximum atomic E-state index is 4.26. The fourth-order valence-corrected chi connectivity index (χ4v) is 0. The molecular formula is Cl2La2O. The van der Waals surface area contributed by atoms with Crippen molar-refractivity contribution in [1.29, 1.82) is 0 Å². The summed E-state index contributed by atoms with van der Waals surface area (Å²) in [5, 5.41) is 0. The van der Waals surface area contributed by atoms with Crippen molar-refractivity contribution >= 4 is 23.7 Å². The van der Waals surface area contributed by atoms with Gasteiger partial charge in [-0.25, -0.2) is 0 Å². The Hall–Kier alpha value is 2.93. The second-order valence-electron chi connectivity index (χ2n) is 0.0583. The first kappa shape index (κ1) is 15.7. The van der Waals surface area contributed by atoms with E-state index < -0.39 is 0 Å². The Balaban J connectivity index is -0.0000000200. The topological polar surface area (TPSA) is 9.23 Å². The van der Waals surface area contributed by atoms with E-state index in [1.54, 1.807) is 0 Å². The van der Waals surface area contributed by atoms with Crippen molar-refractivity contribution in [3.8, 4) is 0 Å². The van der Waals surface area contributed by atoms with Gasteiger partial charge in [0.25, 0.3) is 0 Å². The Morgan fingerprint density at radius 2 is 1.00 bits per heavy atom. The van der Waals surface area contributed by atoms with Crippen LogP contribution in [0.2, 0.25) is 0 Å². The van der Waals surface area contributed by atoms with E-state index in [1.807, 2.05) is 0 Å². The maximum absolute atomic E-state index is 4.26. The van der Waals surface area contributed by atoms with E-state index in [1.165, 1.54) is 0 Å². The summed E-state index contributed by atoms with van der Waals surface area (Å²) in [5.74, 6) is 0. The van der Waals surface area contributed by atoms with Crippen molar-refractivity contribution in [1.82, 2.24) is 0 Å². The fraction of sp³-hybridized carbons (Fsp3) is 0. The van der Waals surface area contributed by atoms with Gasteiger partial charge in [-0.1, -0.05) is 0 Å². The van der Waals surface area contributed by atoms with Gasteiger partial charge in [0.15, 0.2) is 0 Å². The van der Waals surface area contributed by atoms with Crippen LogP contribution in [0.15, 0.2) is 0 Å². The smallest absolute Gasteiger partial charge is 0.0832 e. The molecule has 5 heavy (non-hydrogen) atoms. The van der Waals surface area contributed by atoms with Crippen LogP contribution in [0, 0.1) is 71.2 Å². The summed E-state index contributed by atoms with van der Waals surface area (Å²) >= 11 is 8.53. The molecule has 0 spiro atoms. The van der Waals surface area contributed by atoms with Crippen molar-refractivity contribution < 1.29 is 75.0 Å². The van der Waals surface area contributed by atoms with Gasteiger partial charge in [0.2, 0.25) is 0 Å². The van der Waals surface area contributed by atoms with E-state index in [0.29, 0.717) is 0 Å². The molecule has 1 nitrogen and oxygen atoms in total. The molecule has 5 heteroatoms. The molecule has 0 aromatic rings. The molecule has 0 aliphatic carbocycles. The quantitative estimate of drug-likeness (QED) is 0.630. The summed E-state index contributed by atoms with van der Waals surface area (Å²) < 4.78 is 3.19. The average molecular weight is 365 g/mol. The van der Waals surface area contributed by atoms with Gasteiger partial charge < -0.3 is 0 Å². The second kappa shape index (κ2) is 15.8. The van der Waals surface area contributed by atoms with E-state index in [-0.39, 0.29) is 71.2 Å². The van der Waals surface area contributed by atoms with Crippen molar-refractivity contribution in [3.63, 3.8) is 0 Å². The van der Waals surface area contributed by atoms with Crippen LogP contribution >= 0.6 is 23.7 Å². The van der Waals surface area contributed by atoms with E-state index in [2.05, 4.69) is 27.6 Å². The third-order valence-corrected chi connectivity index (χ3v) is 0. The number of hydrogen-bond donors (Lipinski definition) is 0. The van der Waals surface area contributed by atoms with Crippen LogP contribution in [0.5, 0.6) is 0 Å². The van der Waals surface area contributed by atoms with Gasteiger partial charge in [-0.2, -0.15) is 3.84 Å². The molecular weight excluding hydrogens is 365 g/mol. The predicted molar refractivity (Wildman–Crippen MR) is 12.8 cm³/mol. The molecule has 0 unspecified atom stereocenters. The second-order valence-corrected chi connectivity index (χ2v) is 0.525. The molecule has 26 valence electrons. The van der Waals surface area contributed by atoms with Gasteiger partial charge in [-0.15, -0.1) is 0 Å². The third-order valence-electron chi connectivity index (χ3n) is 0. The summed E-state index contributed by atoms with van der Waals surface area (Å²) in [6.45, 7) is 0. The minimum Gasteiger partial charge on any atom is -0.166 e. The van der Waals surface area contributed by atoms with Crippen molar-refractivity contribution in [3.05, 3.63) is 0 Å². The fourth-order valence-electron chi connectivity index (χ4n) is 0. The molecule has 0 fully saturated rings. The van der Waals surface area contributed by atoms with Crippen molar-refractivity contribution in [2.75, 3.05) is 0 Å². The number of halogens is 2. The van der Waals surface area contributed by atoms with Crippen LogP contribution in [0.3, 0.4) is 0 Å². The van der Waals surface area contributed by atoms with Gasteiger partial charge in [0.1, 0.15) is 0 Å². The Morgan fingerprint density at radius 3 is 1.00 bits per heavy atom. The average Bonchev–Trinajstić information content (AvgIpc) is 0.918. The maximum Gasteiger partial charge on any atom is 0.0832 e. The van der Waals surface area contributed by atoms with Crippen LogP contribution in [0.25, 0.3) is 0 Å². The minimum absolute atomic E-state index is 0. The Labute approximate surface area is 96.6 Å². The zero-order valence-corrected chi connectivity index (χ0v) is 11.1. The normalized spacial score (nSPS) is 3.60. The van der Waals surface area contributed by atoms with Crippen LogP contribution in [-0.4, -0.2) is 0 Å². The zero-order valence-electron chi connectivity index (χ0n) is 2.32. The van der Waals surface area contributed by atoms with Gasteiger partial charge in [-0.3, -0.25) is 0 Å². The van der Waals surface area contributed by atoms with Crippen LogP contribution in [0.4, 0.5) is 0 Å². The van der Waals surface area contributed by atoms with E-state index >= 15 is 0 Å². The SMILES string of the molecule is ClOCl.[La].[La]. The Morgan fingerprint density at radius 1 is 1.00 bits per heavy atom. The first-order valence-corrected chi connectivity index (χ1v) is 0.926. The largest absolute Gasteiger partial charge is 0.166 e. The molecule has 0 atom stereocenters. The standard InChI is InChI=1S/Cl2O.2La/c1-3-2;;. The zero-order chi connectivity index (χ0) is 2.71. The third kappa shape index (κ3) is 19.6. The van der Waals surface area contributed by atoms with Gasteiger partial charge in [0, 0.05) is 71.2 Å². The van der Waals surface area contributed by atoms with Crippen molar-refractivity contribution in [2.24, 2.45) is 0 Å². The molecule has 0 amide bonds. The molecule has 0 aliphatic heterocycles. The van der Waals surface area contributed by atoms with Crippen LogP contribution in [-0.2, 0) is 3.84 Å². The van der Waals surface area contributed by atoms with E-state index in [9.17, 15) is 0 Å². The summed E-state index contributed by atoms with van der Waals surface area (Å²) in [6.07, 6.45) is 0. The van der Waals surface area contributed by atoms with Crippen molar-refractivity contribution in [2.45, 2.75) is 0 Å². The molecule has 0 saturated heterocycles. The molecule has 0 aromatic carbocycles. The number of hydrogen-bond acceptors (Lipinski definition) is 1. The molecule has 0 rings (SSSR count). The van der Waals surface area contributed by atoms with Gasteiger partial charge >= 0.3 is 0 Å². The summed E-state index contributed by atoms with van der Waals surface area (Å²) in [7, 11) is 0.